The van der Waals surface area contributed by atoms with E-state index in [1.165, 1.54) is 9.75 Å². The molecule has 0 saturated carbocycles. The summed E-state index contributed by atoms with van der Waals surface area (Å²) >= 11 is 1.71. The van der Waals surface area contributed by atoms with Gasteiger partial charge in [0.1, 0.15) is 5.75 Å². The summed E-state index contributed by atoms with van der Waals surface area (Å²) in [5.74, 6) is 0.255. The van der Waals surface area contributed by atoms with Crippen molar-refractivity contribution < 1.29 is 10.2 Å². The highest BCUT2D eigenvalue weighted by Crippen LogP contribution is 2.28. The van der Waals surface area contributed by atoms with E-state index in [2.05, 4.69) is 6.92 Å². The highest BCUT2D eigenvalue weighted by atomic mass is 32.1. The average molecular weight is 248 g/mol. The molecule has 0 aliphatic rings. The molecule has 0 aliphatic carbocycles. The van der Waals surface area contributed by atoms with Crippen molar-refractivity contribution in [3.8, 4) is 5.75 Å². The van der Waals surface area contributed by atoms with Gasteiger partial charge in [-0.3, -0.25) is 0 Å². The number of thiophene rings is 1. The van der Waals surface area contributed by atoms with Gasteiger partial charge in [-0.1, -0.05) is 12.1 Å². The lowest BCUT2D eigenvalue weighted by Gasteiger charge is -2.10. The van der Waals surface area contributed by atoms with E-state index in [9.17, 15) is 10.2 Å². The third-order valence-corrected chi connectivity index (χ3v) is 3.79. The van der Waals surface area contributed by atoms with Crippen LogP contribution in [0.5, 0.6) is 5.75 Å². The average Bonchev–Trinajstić information content (AvgIpc) is 2.61. The molecule has 2 rings (SSSR count). The standard InChI is InChI=1S/C14H16O2S/c1-9-7-13(10(2)17-9)14(16)8-11-3-5-12(15)6-4-11/h3-7,14-16H,8H2,1-2H3. The summed E-state index contributed by atoms with van der Waals surface area (Å²) in [5.41, 5.74) is 2.04. The largest absolute Gasteiger partial charge is 0.508 e. The van der Waals surface area contributed by atoms with Crippen molar-refractivity contribution in [1.82, 2.24) is 0 Å². The van der Waals surface area contributed by atoms with Crippen LogP contribution >= 0.6 is 11.3 Å². The van der Waals surface area contributed by atoms with E-state index in [4.69, 9.17) is 0 Å². The molecule has 1 atom stereocenters. The van der Waals surface area contributed by atoms with Crippen molar-refractivity contribution >= 4 is 11.3 Å². The Labute approximate surface area is 105 Å². The van der Waals surface area contributed by atoms with E-state index in [1.54, 1.807) is 23.5 Å². The van der Waals surface area contributed by atoms with Gasteiger partial charge < -0.3 is 10.2 Å². The lowest BCUT2D eigenvalue weighted by Crippen LogP contribution is -2.01. The zero-order chi connectivity index (χ0) is 12.4. The molecule has 2 N–H and O–H groups in total. The molecule has 0 fully saturated rings. The van der Waals surface area contributed by atoms with Gasteiger partial charge in [0.25, 0.3) is 0 Å². The lowest BCUT2D eigenvalue weighted by atomic mass is 10.0. The van der Waals surface area contributed by atoms with E-state index in [0.717, 1.165) is 11.1 Å². The first kappa shape index (κ1) is 12.1. The maximum Gasteiger partial charge on any atom is 0.115 e. The number of aryl methyl sites for hydroxylation is 2. The van der Waals surface area contributed by atoms with Gasteiger partial charge in [-0.2, -0.15) is 0 Å². The van der Waals surface area contributed by atoms with Crippen LogP contribution < -0.4 is 0 Å². The SMILES string of the molecule is Cc1cc(C(O)Cc2ccc(O)cc2)c(C)s1. The van der Waals surface area contributed by atoms with Gasteiger partial charge in [0.05, 0.1) is 6.10 Å². The van der Waals surface area contributed by atoms with Crippen LogP contribution in [0.4, 0.5) is 0 Å². The number of rotatable bonds is 3. The van der Waals surface area contributed by atoms with Crippen LogP contribution in [0.3, 0.4) is 0 Å². The van der Waals surface area contributed by atoms with E-state index in [1.807, 2.05) is 25.1 Å². The predicted molar refractivity (Wildman–Crippen MR) is 70.6 cm³/mol. The van der Waals surface area contributed by atoms with Crippen molar-refractivity contribution in [1.29, 1.82) is 0 Å². The highest BCUT2D eigenvalue weighted by Gasteiger charge is 2.13. The molecule has 17 heavy (non-hydrogen) atoms. The third kappa shape index (κ3) is 2.87. The van der Waals surface area contributed by atoms with Crippen LogP contribution in [-0.4, -0.2) is 10.2 Å². The minimum Gasteiger partial charge on any atom is -0.508 e. The van der Waals surface area contributed by atoms with Gasteiger partial charge in [0.15, 0.2) is 0 Å². The molecule has 2 aromatic rings. The number of aliphatic hydroxyl groups excluding tert-OH is 1. The van der Waals surface area contributed by atoms with Crippen molar-refractivity contribution in [2.45, 2.75) is 26.4 Å². The van der Waals surface area contributed by atoms with Crippen LogP contribution in [0.15, 0.2) is 30.3 Å². The Morgan fingerprint density at radius 2 is 1.82 bits per heavy atom. The van der Waals surface area contributed by atoms with Crippen LogP contribution in [-0.2, 0) is 6.42 Å². The second-order valence-electron chi connectivity index (χ2n) is 4.25. The Hall–Kier alpha value is -1.32. The Balaban J connectivity index is 2.14. The molecule has 0 aliphatic heterocycles. The molecule has 0 spiro atoms. The molecular formula is C14H16O2S. The zero-order valence-electron chi connectivity index (χ0n) is 9.97. The van der Waals surface area contributed by atoms with Crippen LogP contribution in [0, 0.1) is 13.8 Å². The molecule has 0 saturated heterocycles. The van der Waals surface area contributed by atoms with Gasteiger partial charge in [-0.25, -0.2) is 0 Å². The summed E-state index contributed by atoms with van der Waals surface area (Å²) in [6.07, 6.45) is 0.113. The fraction of sp³-hybridized carbons (Fsp3) is 0.286. The Morgan fingerprint density at radius 1 is 1.18 bits per heavy atom. The number of hydrogen-bond donors (Lipinski definition) is 2. The van der Waals surface area contributed by atoms with E-state index < -0.39 is 6.10 Å². The summed E-state index contributed by atoms with van der Waals surface area (Å²) < 4.78 is 0. The minimum absolute atomic E-state index is 0.255. The highest BCUT2D eigenvalue weighted by molar-refractivity contribution is 7.12. The first-order valence-electron chi connectivity index (χ1n) is 5.59. The molecule has 1 heterocycles. The Bertz CT molecular complexity index is 499. The van der Waals surface area contributed by atoms with E-state index in [-0.39, 0.29) is 5.75 Å². The topological polar surface area (TPSA) is 40.5 Å². The summed E-state index contributed by atoms with van der Waals surface area (Å²) in [5, 5.41) is 19.4. The molecule has 2 nitrogen and oxygen atoms in total. The number of hydrogen-bond acceptors (Lipinski definition) is 3. The zero-order valence-corrected chi connectivity index (χ0v) is 10.8. The molecule has 0 radical (unpaired) electrons. The molecule has 0 amide bonds. The second-order valence-corrected chi connectivity index (χ2v) is 5.72. The number of benzene rings is 1. The summed E-state index contributed by atoms with van der Waals surface area (Å²) in [4.78, 5) is 2.40. The fourth-order valence-corrected chi connectivity index (χ4v) is 2.93. The second kappa shape index (κ2) is 4.90. The molecular weight excluding hydrogens is 232 g/mol. The third-order valence-electron chi connectivity index (χ3n) is 2.80. The van der Waals surface area contributed by atoms with Crippen LogP contribution in [0.1, 0.15) is 27.0 Å². The van der Waals surface area contributed by atoms with Crippen LogP contribution in [0.2, 0.25) is 0 Å². The molecule has 3 heteroatoms. The van der Waals surface area contributed by atoms with E-state index in [0.29, 0.717) is 6.42 Å². The monoisotopic (exact) mass is 248 g/mol. The van der Waals surface area contributed by atoms with Crippen LogP contribution in [0.25, 0.3) is 0 Å². The van der Waals surface area contributed by atoms with Crippen molar-refractivity contribution in [3.05, 3.63) is 51.2 Å². The Kier molecular flexibility index (Phi) is 3.50. The van der Waals surface area contributed by atoms with Crippen molar-refractivity contribution in [2.24, 2.45) is 0 Å². The molecule has 0 bridgehead atoms. The minimum atomic E-state index is -0.468. The lowest BCUT2D eigenvalue weighted by molar-refractivity contribution is 0.178. The van der Waals surface area contributed by atoms with Gasteiger partial charge in [-0.05, 0) is 43.2 Å². The quantitative estimate of drug-likeness (QED) is 0.874. The first-order chi connectivity index (χ1) is 8.06. The summed E-state index contributed by atoms with van der Waals surface area (Å²) in [7, 11) is 0. The summed E-state index contributed by atoms with van der Waals surface area (Å²) in [6.45, 7) is 4.08. The molecule has 1 aromatic carbocycles. The summed E-state index contributed by atoms with van der Waals surface area (Å²) in [6, 6.07) is 9.02. The Morgan fingerprint density at radius 3 is 2.35 bits per heavy atom. The molecule has 90 valence electrons. The van der Waals surface area contributed by atoms with Gasteiger partial charge in [0.2, 0.25) is 0 Å². The number of aromatic hydroxyl groups is 1. The number of aliphatic hydroxyl groups is 1. The van der Waals surface area contributed by atoms with Crippen molar-refractivity contribution in [2.75, 3.05) is 0 Å². The fourth-order valence-electron chi connectivity index (χ4n) is 1.95. The molecule has 1 aromatic heterocycles. The number of phenols is 1. The van der Waals surface area contributed by atoms with Crippen molar-refractivity contribution in [3.63, 3.8) is 0 Å². The number of phenolic OH excluding ortho intramolecular Hbond substituents is 1. The smallest absolute Gasteiger partial charge is 0.115 e. The van der Waals surface area contributed by atoms with Gasteiger partial charge in [0, 0.05) is 16.2 Å². The predicted octanol–water partition coefficient (Wildman–Crippen LogP) is 3.35. The normalized spacial score (nSPS) is 12.6. The maximum absolute atomic E-state index is 10.2. The van der Waals surface area contributed by atoms with Gasteiger partial charge in [-0.15, -0.1) is 11.3 Å². The maximum atomic E-state index is 10.2. The first-order valence-corrected chi connectivity index (χ1v) is 6.41. The van der Waals surface area contributed by atoms with E-state index >= 15 is 0 Å². The molecule has 1 unspecified atom stereocenters. The van der Waals surface area contributed by atoms with Gasteiger partial charge >= 0.3 is 0 Å².